The normalized spacial score (nSPS) is 10.0. The van der Waals surface area contributed by atoms with Crippen LogP contribution in [0.4, 0.5) is 11.5 Å². The van der Waals surface area contributed by atoms with Gasteiger partial charge >= 0.3 is 0 Å². The lowest BCUT2D eigenvalue weighted by atomic mass is 10.3. The largest absolute Gasteiger partial charge is 0.347 e. The van der Waals surface area contributed by atoms with Gasteiger partial charge in [0, 0.05) is 22.3 Å². The lowest BCUT2D eigenvalue weighted by Crippen LogP contribution is -2.24. The van der Waals surface area contributed by atoms with E-state index < -0.39 is 0 Å². The predicted octanol–water partition coefficient (Wildman–Crippen LogP) is 3.44. The van der Waals surface area contributed by atoms with Crippen LogP contribution in [-0.4, -0.2) is 22.4 Å². The Balaban J connectivity index is 2.08. The van der Waals surface area contributed by atoms with E-state index in [1.807, 2.05) is 0 Å². The Morgan fingerprint density at radius 2 is 1.90 bits per heavy atom. The molecule has 0 bridgehead atoms. The van der Waals surface area contributed by atoms with Crippen molar-refractivity contribution >= 4 is 40.6 Å². The molecule has 0 radical (unpaired) electrons. The number of nitrogens with one attached hydrogen (secondary N) is 2. The van der Waals surface area contributed by atoms with E-state index in [1.165, 1.54) is 12.4 Å². The van der Waals surface area contributed by atoms with Crippen molar-refractivity contribution in [1.29, 1.82) is 0 Å². The average Bonchev–Trinajstić information content (AvgIpc) is 2.44. The standard InChI is InChI=1S/C14H12Cl2N4O/c1-2-3-17-14(21)12-7-19-13(8-18-12)20-11-5-9(15)4-10(16)6-11/h2,4-8H,1,3H2,(H,17,21)(H,19,20). The molecular weight excluding hydrogens is 311 g/mol. The maximum absolute atomic E-state index is 11.6. The summed E-state index contributed by atoms with van der Waals surface area (Å²) in [6, 6.07) is 5.05. The number of carbonyl (C=O) groups is 1. The zero-order valence-electron chi connectivity index (χ0n) is 10.9. The molecule has 0 aliphatic rings. The molecular formula is C14H12Cl2N4O. The molecule has 2 aromatic rings. The Morgan fingerprint density at radius 1 is 1.19 bits per heavy atom. The molecule has 21 heavy (non-hydrogen) atoms. The number of benzene rings is 1. The molecule has 1 amide bonds. The summed E-state index contributed by atoms with van der Waals surface area (Å²) in [5.41, 5.74) is 0.914. The number of anilines is 2. The second-order valence-corrected chi connectivity index (χ2v) is 4.94. The van der Waals surface area contributed by atoms with Crippen molar-refractivity contribution in [1.82, 2.24) is 15.3 Å². The third-order valence-corrected chi connectivity index (χ3v) is 2.86. The highest BCUT2D eigenvalue weighted by molar-refractivity contribution is 6.35. The topological polar surface area (TPSA) is 66.9 Å². The third-order valence-electron chi connectivity index (χ3n) is 2.43. The van der Waals surface area contributed by atoms with Crippen molar-refractivity contribution in [2.24, 2.45) is 0 Å². The van der Waals surface area contributed by atoms with Gasteiger partial charge in [-0.2, -0.15) is 0 Å². The van der Waals surface area contributed by atoms with Crippen molar-refractivity contribution in [3.8, 4) is 0 Å². The van der Waals surface area contributed by atoms with Crippen LogP contribution in [0.25, 0.3) is 0 Å². The summed E-state index contributed by atoms with van der Waals surface area (Å²) in [5, 5.41) is 6.65. The SMILES string of the molecule is C=CCNC(=O)c1cnc(Nc2cc(Cl)cc(Cl)c2)cn1. The molecule has 0 saturated carbocycles. The molecule has 1 aromatic carbocycles. The highest BCUT2D eigenvalue weighted by Crippen LogP contribution is 2.24. The van der Waals surface area contributed by atoms with E-state index in [-0.39, 0.29) is 11.6 Å². The minimum Gasteiger partial charge on any atom is -0.347 e. The van der Waals surface area contributed by atoms with Gasteiger partial charge in [-0.05, 0) is 18.2 Å². The lowest BCUT2D eigenvalue weighted by molar-refractivity contribution is 0.0952. The molecule has 2 N–H and O–H groups in total. The fourth-order valence-electron chi connectivity index (χ4n) is 1.54. The van der Waals surface area contributed by atoms with Gasteiger partial charge in [0.1, 0.15) is 11.5 Å². The lowest BCUT2D eigenvalue weighted by Gasteiger charge is -2.07. The van der Waals surface area contributed by atoms with E-state index in [2.05, 4.69) is 27.2 Å². The predicted molar refractivity (Wildman–Crippen MR) is 84.3 cm³/mol. The van der Waals surface area contributed by atoms with Gasteiger partial charge in [0.15, 0.2) is 0 Å². The molecule has 2 rings (SSSR count). The van der Waals surface area contributed by atoms with Crippen molar-refractivity contribution in [3.63, 3.8) is 0 Å². The van der Waals surface area contributed by atoms with Gasteiger partial charge in [-0.1, -0.05) is 29.3 Å². The van der Waals surface area contributed by atoms with Gasteiger partial charge in [0.2, 0.25) is 0 Å². The molecule has 0 saturated heterocycles. The van der Waals surface area contributed by atoms with Crippen LogP contribution in [0.1, 0.15) is 10.5 Å². The van der Waals surface area contributed by atoms with Crippen LogP contribution >= 0.6 is 23.2 Å². The van der Waals surface area contributed by atoms with E-state index in [9.17, 15) is 4.79 Å². The highest BCUT2D eigenvalue weighted by atomic mass is 35.5. The molecule has 0 aliphatic heterocycles. The van der Waals surface area contributed by atoms with Gasteiger partial charge in [0.05, 0.1) is 12.4 Å². The smallest absolute Gasteiger partial charge is 0.271 e. The first-order valence-corrected chi connectivity index (χ1v) is 6.78. The van der Waals surface area contributed by atoms with Crippen LogP contribution in [0, 0.1) is 0 Å². The average molecular weight is 323 g/mol. The van der Waals surface area contributed by atoms with Crippen LogP contribution < -0.4 is 10.6 Å². The summed E-state index contributed by atoms with van der Waals surface area (Å²) in [4.78, 5) is 19.8. The van der Waals surface area contributed by atoms with Crippen molar-refractivity contribution in [2.75, 3.05) is 11.9 Å². The van der Waals surface area contributed by atoms with E-state index in [0.717, 1.165) is 0 Å². The van der Waals surface area contributed by atoms with Crippen LogP contribution in [-0.2, 0) is 0 Å². The molecule has 1 heterocycles. The number of rotatable bonds is 5. The van der Waals surface area contributed by atoms with Crippen molar-refractivity contribution < 1.29 is 4.79 Å². The Morgan fingerprint density at radius 3 is 2.48 bits per heavy atom. The zero-order valence-corrected chi connectivity index (χ0v) is 12.4. The van der Waals surface area contributed by atoms with E-state index in [4.69, 9.17) is 23.2 Å². The molecule has 0 aliphatic carbocycles. The number of carbonyl (C=O) groups excluding carboxylic acids is 1. The monoisotopic (exact) mass is 322 g/mol. The number of amides is 1. The van der Waals surface area contributed by atoms with Crippen LogP contribution in [0.15, 0.2) is 43.2 Å². The number of hydrogen-bond donors (Lipinski definition) is 2. The van der Waals surface area contributed by atoms with E-state index in [0.29, 0.717) is 28.1 Å². The third kappa shape index (κ3) is 4.44. The zero-order chi connectivity index (χ0) is 15.2. The minimum atomic E-state index is -0.306. The number of hydrogen-bond acceptors (Lipinski definition) is 4. The summed E-state index contributed by atoms with van der Waals surface area (Å²) >= 11 is 11.8. The van der Waals surface area contributed by atoms with Crippen molar-refractivity contribution in [3.05, 3.63) is 59.0 Å². The second-order valence-electron chi connectivity index (χ2n) is 4.07. The highest BCUT2D eigenvalue weighted by Gasteiger charge is 2.07. The van der Waals surface area contributed by atoms with E-state index >= 15 is 0 Å². The molecule has 108 valence electrons. The van der Waals surface area contributed by atoms with E-state index in [1.54, 1.807) is 24.3 Å². The molecule has 0 fully saturated rings. The molecule has 1 aromatic heterocycles. The summed E-state index contributed by atoms with van der Waals surface area (Å²) in [6.45, 7) is 3.90. The van der Waals surface area contributed by atoms with Crippen LogP contribution in [0.3, 0.4) is 0 Å². The Labute approximate surface area is 132 Å². The van der Waals surface area contributed by atoms with Crippen molar-refractivity contribution in [2.45, 2.75) is 0 Å². The Kier molecular flexibility index (Phi) is 5.14. The molecule has 7 heteroatoms. The number of nitrogens with zero attached hydrogens (tertiary/aromatic N) is 2. The van der Waals surface area contributed by atoms with Gasteiger partial charge < -0.3 is 10.6 Å². The Bertz CT molecular complexity index is 638. The summed E-state index contributed by atoms with van der Waals surface area (Å²) in [6.07, 6.45) is 4.43. The van der Waals surface area contributed by atoms with Crippen LogP contribution in [0.2, 0.25) is 10.0 Å². The number of aromatic nitrogens is 2. The molecule has 5 nitrogen and oxygen atoms in total. The first kappa shape index (κ1) is 15.3. The first-order valence-electron chi connectivity index (χ1n) is 6.03. The minimum absolute atomic E-state index is 0.228. The van der Waals surface area contributed by atoms with Crippen LogP contribution in [0.5, 0.6) is 0 Å². The van der Waals surface area contributed by atoms with Gasteiger partial charge in [-0.3, -0.25) is 4.79 Å². The number of halogens is 2. The molecule has 0 spiro atoms. The maximum atomic E-state index is 11.6. The summed E-state index contributed by atoms with van der Waals surface area (Å²) in [5.74, 6) is 0.174. The summed E-state index contributed by atoms with van der Waals surface area (Å²) < 4.78 is 0. The summed E-state index contributed by atoms with van der Waals surface area (Å²) in [7, 11) is 0. The quantitative estimate of drug-likeness (QED) is 0.827. The van der Waals surface area contributed by atoms with Gasteiger partial charge in [0.25, 0.3) is 5.91 Å². The first-order chi connectivity index (χ1) is 10.1. The fraction of sp³-hybridized carbons (Fsp3) is 0.0714. The van der Waals surface area contributed by atoms with Gasteiger partial charge in [-0.25, -0.2) is 9.97 Å². The maximum Gasteiger partial charge on any atom is 0.271 e. The second kappa shape index (κ2) is 7.06. The fourth-order valence-corrected chi connectivity index (χ4v) is 2.07. The molecule has 0 unspecified atom stereocenters. The van der Waals surface area contributed by atoms with Gasteiger partial charge in [-0.15, -0.1) is 6.58 Å². The molecule has 0 atom stereocenters. The Hall–Kier alpha value is -2.11.